The molecule has 11 nitrogen and oxygen atoms in total. The molecule has 3 amide bonds. The molecule has 0 fully saturated rings. The molecule has 0 spiro atoms. The van der Waals surface area contributed by atoms with Crippen LogP contribution in [-0.4, -0.2) is 74.7 Å². The molecular formula is C34H52N4O7S. The largest absolute Gasteiger partial charge is 0.481 e. The molecular weight excluding hydrogens is 608 g/mol. The number of nitrogens with one attached hydrogen (secondary N) is 2. The summed E-state index contributed by atoms with van der Waals surface area (Å²) in [6, 6.07) is 7.87. The minimum absolute atomic E-state index is 0.0413. The minimum Gasteiger partial charge on any atom is -0.481 e. The summed E-state index contributed by atoms with van der Waals surface area (Å²) < 4.78 is 5.40. The average Bonchev–Trinajstić information content (AvgIpc) is 3.47. The first-order valence-corrected chi connectivity index (χ1v) is 16.8. The van der Waals surface area contributed by atoms with Gasteiger partial charge in [0.2, 0.25) is 5.91 Å². The fourth-order valence-electron chi connectivity index (χ4n) is 5.13. The number of amides is 3. The van der Waals surface area contributed by atoms with E-state index in [1.54, 1.807) is 45.0 Å². The van der Waals surface area contributed by atoms with Gasteiger partial charge in [-0.15, -0.1) is 11.3 Å². The molecule has 0 aliphatic carbocycles. The molecule has 2 aromatic rings. The zero-order chi connectivity index (χ0) is 34.8. The summed E-state index contributed by atoms with van der Waals surface area (Å²) in [4.78, 5) is 57.0. The summed E-state index contributed by atoms with van der Waals surface area (Å²) in [6.07, 6.45) is -0.200. The van der Waals surface area contributed by atoms with Crippen LogP contribution in [0.4, 0.5) is 4.79 Å². The molecule has 46 heavy (non-hydrogen) atoms. The Balaban J connectivity index is 2.17. The molecule has 12 heteroatoms. The maximum absolute atomic E-state index is 13.7. The predicted molar refractivity (Wildman–Crippen MR) is 179 cm³/mol. The first-order valence-electron chi connectivity index (χ1n) is 15.9. The van der Waals surface area contributed by atoms with E-state index in [0.29, 0.717) is 17.8 Å². The first-order chi connectivity index (χ1) is 21.4. The number of benzene rings is 1. The Morgan fingerprint density at radius 1 is 1.02 bits per heavy atom. The van der Waals surface area contributed by atoms with Gasteiger partial charge in [0.05, 0.1) is 5.92 Å². The van der Waals surface area contributed by atoms with Crippen LogP contribution in [0.15, 0.2) is 35.7 Å². The molecule has 0 bridgehead atoms. The highest BCUT2D eigenvalue weighted by Gasteiger charge is 2.35. The molecule has 0 aliphatic rings. The van der Waals surface area contributed by atoms with Crippen molar-refractivity contribution in [2.75, 3.05) is 7.05 Å². The lowest BCUT2D eigenvalue weighted by molar-refractivity contribution is -0.141. The van der Waals surface area contributed by atoms with Crippen molar-refractivity contribution in [3.05, 3.63) is 52.0 Å². The second kappa shape index (κ2) is 17.4. The maximum Gasteiger partial charge on any atom is 0.408 e. The van der Waals surface area contributed by atoms with Crippen LogP contribution in [0.2, 0.25) is 0 Å². The van der Waals surface area contributed by atoms with E-state index >= 15 is 0 Å². The number of hydrogen-bond acceptors (Lipinski definition) is 8. The zero-order valence-electron chi connectivity index (χ0n) is 28.6. The molecule has 0 aliphatic heterocycles. The lowest BCUT2D eigenvalue weighted by atomic mass is 9.93. The van der Waals surface area contributed by atoms with E-state index in [1.807, 2.05) is 58.0 Å². The predicted octanol–water partition coefficient (Wildman–Crippen LogP) is 5.44. The van der Waals surface area contributed by atoms with Crippen LogP contribution >= 0.6 is 11.3 Å². The normalized spacial score (nSPS) is 15.6. The summed E-state index contributed by atoms with van der Waals surface area (Å²) in [6.45, 7) is 14.6. The van der Waals surface area contributed by atoms with Crippen molar-refractivity contribution in [2.24, 2.45) is 17.8 Å². The molecule has 0 saturated heterocycles. The Bertz CT molecular complexity index is 1290. The van der Waals surface area contributed by atoms with Crippen molar-refractivity contribution in [3.8, 4) is 0 Å². The van der Waals surface area contributed by atoms with E-state index in [2.05, 4.69) is 15.6 Å². The van der Waals surface area contributed by atoms with Gasteiger partial charge in [-0.3, -0.25) is 14.4 Å². The van der Waals surface area contributed by atoms with Crippen molar-refractivity contribution >= 4 is 35.2 Å². The van der Waals surface area contributed by atoms with E-state index in [-0.39, 0.29) is 36.3 Å². The molecule has 6 unspecified atom stereocenters. The molecule has 6 atom stereocenters. The molecule has 1 aromatic carbocycles. The lowest BCUT2D eigenvalue weighted by Gasteiger charge is -2.36. The van der Waals surface area contributed by atoms with Gasteiger partial charge in [0.1, 0.15) is 28.4 Å². The smallest absolute Gasteiger partial charge is 0.408 e. The van der Waals surface area contributed by atoms with Gasteiger partial charge >= 0.3 is 12.1 Å². The third-order valence-corrected chi connectivity index (χ3v) is 8.94. The Labute approximate surface area is 277 Å². The number of hydrogen-bond donors (Lipinski definition) is 4. The van der Waals surface area contributed by atoms with Gasteiger partial charge in [-0.1, -0.05) is 71.4 Å². The van der Waals surface area contributed by atoms with Gasteiger partial charge in [-0.05, 0) is 51.0 Å². The number of likely N-dealkylation sites (N-methyl/N-ethyl adjacent to an activating group) is 1. The summed E-state index contributed by atoms with van der Waals surface area (Å²) >= 11 is 1.15. The van der Waals surface area contributed by atoms with E-state index < -0.39 is 53.7 Å². The van der Waals surface area contributed by atoms with Gasteiger partial charge in [-0.25, -0.2) is 9.78 Å². The monoisotopic (exact) mass is 660 g/mol. The van der Waals surface area contributed by atoms with Gasteiger partial charge in [0.25, 0.3) is 5.91 Å². The Hall–Kier alpha value is -3.51. The van der Waals surface area contributed by atoms with Crippen LogP contribution in [0.25, 0.3) is 0 Å². The van der Waals surface area contributed by atoms with Gasteiger partial charge < -0.3 is 30.5 Å². The summed E-state index contributed by atoms with van der Waals surface area (Å²) in [5, 5.41) is 28.2. The zero-order valence-corrected chi connectivity index (χ0v) is 29.4. The Morgan fingerprint density at radius 2 is 1.65 bits per heavy atom. The van der Waals surface area contributed by atoms with E-state index in [0.717, 1.165) is 16.9 Å². The molecule has 0 radical (unpaired) electrons. The number of aliphatic hydroxyl groups is 1. The number of carboxylic acids is 1. The Kier molecular flexibility index (Phi) is 14.6. The van der Waals surface area contributed by atoms with Crippen molar-refractivity contribution in [2.45, 2.75) is 111 Å². The van der Waals surface area contributed by atoms with Crippen molar-refractivity contribution in [3.63, 3.8) is 0 Å². The van der Waals surface area contributed by atoms with Crippen molar-refractivity contribution in [1.29, 1.82) is 0 Å². The molecule has 256 valence electrons. The number of carboxylic acid groups (broad SMARTS) is 1. The number of alkyl carbamates (subject to hydrolysis) is 1. The van der Waals surface area contributed by atoms with Crippen molar-refractivity contribution in [1.82, 2.24) is 20.5 Å². The standard InChI is InChI=1S/C34H52N4O7S/c1-10-21(4)28(37-33(44)45-34(6,7)8)31(41)38(9)26(20(2)3)18-27(39)30-36-25(19-46-30)29(40)35-24(16-22(5)32(42)43)17-23-14-12-11-13-15-23/h11-15,19-22,24,26-28,39H,10,16-18H2,1-9H3,(H,35,40)(H,37,44)(H,42,43). The Morgan fingerprint density at radius 3 is 2.20 bits per heavy atom. The fourth-order valence-corrected chi connectivity index (χ4v) is 5.93. The van der Waals surface area contributed by atoms with Gasteiger partial charge in [0.15, 0.2) is 0 Å². The first kappa shape index (κ1) is 38.7. The summed E-state index contributed by atoms with van der Waals surface area (Å²) in [5.74, 6) is -2.54. The second-order valence-electron chi connectivity index (χ2n) is 13.4. The number of carbonyl (C=O) groups is 4. The molecule has 1 heterocycles. The van der Waals surface area contributed by atoms with Crippen LogP contribution in [0.1, 0.15) is 102 Å². The number of rotatable bonds is 16. The average molecular weight is 661 g/mol. The quantitative estimate of drug-likeness (QED) is 0.185. The van der Waals surface area contributed by atoms with Crippen LogP contribution in [0.5, 0.6) is 0 Å². The maximum atomic E-state index is 13.7. The molecule has 4 N–H and O–H groups in total. The number of ether oxygens (including phenoxy) is 1. The van der Waals surface area contributed by atoms with Crippen LogP contribution < -0.4 is 10.6 Å². The van der Waals surface area contributed by atoms with Crippen LogP contribution in [0.3, 0.4) is 0 Å². The minimum atomic E-state index is -1.05. The van der Waals surface area contributed by atoms with Crippen molar-refractivity contribution < 1.29 is 34.1 Å². The third-order valence-electron chi connectivity index (χ3n) is 7.99. The molecule has 1 aromatic heterocycles. The number of aliphatic carboxylic acids is 1. The summed E-state index contributed by atoms with van der Waals surface area (Å²) in [7, 11) is 1.66. The second-order valence-corrected chi connectivity index (χ2v) is 14.3. The molecule has 2 rings (SSSR count). The van der Waals surface area contributed by atoms with Gasteiger partial charge in [-0.2, -0.15) is 0 Å². The number of aliphatic hydroxyl groups excluding tert-OH is 1. The van der Waals surface area contributed by atoms with Crippen LogP contribution in [0, 0.1) is 17.8 Å². The van der Waals surface area contributed by atoms with E-state index in [9.17, 15) is 29.4 Å². The topological polar surface area (TPSA) is 158 Å². The van der Waals surface area contributed by atoms with E-state index in [4.69, 9.17) is 4.74 Å². The highest BCUT2D eigenvalue weighted by atomic mass is 32.1. The fraction of sp³-hybridized carbons (Fsp3) is 0.618. The number of aromatic nitrogens is 1. The SMILES string of the molecule is CCC(C)C(NC(=O)OC(C)(C)C)C(=O)N(C)C(CC(O)c1nc(C(=O)NC(Cc2ccccc2)CC(C)C(=O)O)cs1)C(C)C. The molecule has 0 saturated carbocycles. The van der Waals surface area contributed by atoms with Crippen LogP contribution in [-0.2, 0) is 20.7 Å². The number of thiazole rings is 1. The highest BCUT2D eigenvalue weighted by molar-refractivity contribution is 7.09. The summed E-state index contributed by atoms with van der Waals surface area (Å²) in [5.41, 5.74) is 0.381. The van der Waals surface area contributed by atoms with E-state index in [1.165, 1.54) is 0 Å². The number of nitrogens with zero attached hydrogens (tertiary/aromatic N) is 2. The van der Waals surface area contributed by atoms with Gasteiger partial charge in [0, 0.05) is 30.9 Å². The lowest BCUT2D eigenvalue weighted by Crippen LogP contribution is -2.54. The highest BCUT2D eigenvalue weighted by Crippen LogP contribution is 2.28. The number of carbonyl (C=O) groups excluding carboxylic acids is 3. The third kappa shape index (κ3) is 12.0.